The van der Waals surface area contributed by atoms with Crippen LogP contribution in [0.25, 0.3) is 0 Å². The normalized spacial score (nSPS) is 9.90. The summed E-state index contributed by atoms with van der Waals surface area (Å²) in [7, 11) is 1.63. The molecule has 0 radical (unpaired) electrons. The second-order valence-corrected chi connectivity index (χ2v) is 4.63. The van der Waals surface area contributed by atoms with Gasteiger partial charge in [-0.2, -0.15) is 0 Å². The summed E-state index contributed by atoms with van der Waals surface area (Å²) in [5.41, 5.74) is 2.38. The van der Waals surface area contributed by atoms with Crippen molar-refractivity contribution in [2.45, 2.75) is 20.3 Å². The van der Waals surface area contributed by atoms with Crippen LogP contribution in [-0.4, -0.2) is 49.3 Å². The molecule has 0 heterocycles. The number of amides is 1. The molecule has 4 heteroatoms. The van der Waals surface area contributed by atoms with Crippen molar-refractivity contribution >= 4 is 5.91 Å². The number of carbonyl (C=O) groups excluding carboxylic acids is 1. The van der Waals surface area contributed by atoms with Gasteiger partial charge in [0.15, 0.2) is 0 Å². The van der Waals surface area contributed by atoms with Crippen LogP contribution in [0.15, 0.2) is 18.2 Å². The summed E-state index contributed by atoms with van der Waals surface area (Å²) < 4.78 is 5.04. The van der Waals surface area contributed by atoms with Crippen LogP contribution in [0.5, 0.6) is 0 Å². The average Bonchev–Trinajstić information content (AvgIpc) is 2.49. The van der Waals surface area contributed by atoms with Crippen molar-refractivity contribution in [1.29, 1.82) is 0 Å². The molecule has 0 bridgehead atoms. The molecular formula is C17H23NO3. The van der Waals surface area contributed by atoms with Crippen LogP contribution >= 0.6 is 0 Å². The molecule has 0 unspecified atom stereocenters. The lowest BCUT2D eigenvalue weighted by Crippen LogP contribution is -2.34. The van der Waals surface area contributed by atoms with E-state index in [1.807, 2.05) is 32.0 Å². The number of likely N-dealkylation sites (N-methyl/N-ethyl adjacent to an activating group) is 1. The fraction of sp³-hybridized carbons (Fsp3) is 0.471. The van der Waals surface area contributed by atoms with E-state index < -0.39 is 0 Å². The third kappa shape index (κ3) is 4.89. The lowest BCUT2D eigenvalue weighted by atomic mass is 10.0. The Labute approximate surface area is 126 Å². The molecule has 0 spiro atoms. The standard InChI is InChI=1S/C17H23NO3/c1-4-18(11-13-21-3)17(20)16-10-7-9-15(14(16)2)8-5-6-12-19/h7,9-10,19H,4,6,11-13H2,1-3H3. The van der Waals surface area contributed by atoms with Crippen molar-refractivity contribution < 1.29 is 14.6 Å². The van der Waals surface area contributed by atoms with E-state index in [-0.39, 0.29) is 12.5 Å². The topological polar surface area (TPSA) is 49.8 Å². The van der Waals surface area contributed by atoms with Crippen molar-refractivity contribution in [3.63, 3.8) is 0 Å². The van der Waals surface area contributed by atoms with Gasteiger partial charge in [0.05, 0.1) is 13.2 Å². The minimum atomic E-state index is -0.00198. The van der Waals surface area contributed by atoms with E-state index in [0.29, 0.717) is 31.7 Å². The zero-order valence-electron chi connectivity index (χ0n) is 13.0. The molecule has 0 aliphatic heterocycles. The van der Waals surface area contributed by atoms with Crippen molar-refractivity contribution in [2.24, 2.45) is 0 Å². The number of methoxy groups -OCH3 is 1. The minimum Gasteiger partial charge on any atom is -0.395 e. The number of hydrogen-bond donors (Lipinski definition) is 1. The van der Waals surface area contributed by atoms with Gasteiger partial charge in [-0.1, -0.05) is 17.9 Å². The van der Waals surface area contributed by atoms with E-state index in [0.717, 1.165) is 11.1 Å². The molecular weight excluding hydrogens is 266 g/mol. The molecule has 21 heavy (non-hydrogen) atoms. The quantitative estimate of drug-likeness (QED) is 0.813. The van der Waals surface area contributed by atoms with Gasteiger partial charge in [-0.25, -0.2) is 0 Å². The Morgan fingerprint density at radius 3 is 2.81 bits per heavy atom. The molecule has 1 N–H and O–H groups in total. The fourth-order valence-corrected chi connectivity index (χ4v) is 1.99. The Bertz CT molecular complexity index is 529. The van der Waals surface area contributed by atoms with Crippen LogP contribution in [0.1, 0.15) is 34.8 Å². The first-order valence-corrected chi connectivity index (χ1v) is 7.13. The fourth-order valence-electron chi connectivity index (χ4n) is 1.99. The summed E-state index contributed by atoms with van der Waals surface area (Å²) in [6.45, 7) is 5.64. The van der Waals surface area contributed by atoms with Crippen molar-refractivity contribution in [3.8, 4) is 11.8 Å². The molecule has 1 amide bonds. The van der Waals surface area contributed by atoms with Gasteiger partial charge in [0.1, 0.15) is 0 Å². The Kier molecular flexibility index (Phi) is 7.52. The van der Waals surface area contributed by atoms with E-state index in [2.05, 4.69) is 11.8 Å². The second-order valence-electron chi connectivity index (χ2n) is 4.63. The first kappa shape index (κ1) is 17.2. The maximum Gasteiger partial charge on any atom is 0.254 e. The van der Waals surface area contributed by atoms with Gasteiger partial charge in [0, 0.05) is 37.7 Å². The zero-order valence-corrected chi connectivity index (χ0v) is 13.0. The van der Waals surface area contributed by atoms with E-state index in [1.54, 1.807) is 12.0 Å². The summed E-state index contributed by atoms with van der Waals surface area (Å²) >= 11 is 0. The number of rotatable bonds is 6. The summed E-state index contributed by atoms with van der Waals surface area (Å²) in [5, 5.41) is 8.77. The van der Waals surface area contributed by atoms with Crippen molar-refractivity contribution in [3.05, 3.63) is 34.9 Å². The summed E-state index contributed by atoms with van der Waals surface area (Å²) in [5.74, 6) is 5.89. The van der Waals surface area contributed by atoms with E-state index in [9.17, 15) is 4.79 Å². The molecule has 114 valence electrons. The molecule has 0 aromatic heterocycles. The largest absolute Gasteiger partial charge is 0.395 e. The SMILES string of the molecule is CCN(CCOC)C(=O)c1cccc(C#CCCO)c1C. The van der Waals surface area contributed by atoms with E-state index in [4.69, 9.17) is 9.84 Å². The molecule has 0 atom stereocenters. The van der Waals surface area contributed by atoms with Crippen LogP contribution in [-0.2, 0) is 4.74 Å². The van der Waals surface area contributed by atoms with Crippen LogP contribution in [0.2, 0.25) is 0 Å². The lowest BCUT2D eigenvalue weighted by molar-refractivity contribution is 0.0705. The summed E-state index contributed by atoms with van der Waals surface area (Å²) in [4.78, 5) is 14.3. The van der Waals surface area contributed by atoms with Gasteiger partial charge in [-0.3, -0.25) is 4.79 Å². The van der Waals surface area contributed by atoms with E-state index in [1.165, 1.54) is 0 Å². The average molecular weight is 289 g/mol. The third-order valence-corrected chi connectivity index (χ3v) is 3.26. The Morgan fingerprint density at radius 1 is 1.43 bits per heavy atom. The smallest absolute Gasteiger partial charge is 0.254 e. The number of benzene rings is 1. The maximum absolute atomic E-state index is 12.6. The van der Waals surface area contributed by atoms with Crippen molar-refractivity contribution in [2.75, 3.05) is 33.4 Å². The molecule has 0 saturated heterocycles. The highest BCUT2D eigenvalue weighted by molar-refractivity contribution is 5.96. The van der Waals surface area contributed by atoms with Crippen LogP contribution in [0.3, 0.4) is 0 Å². The first-order chi connectivity index (χ1) is 10.2. The molecule has 4 nitrogen and oxygen atoms in total. The number of aliphatic hydroxyl groups is 1. The Hall–Kier alpha value is -1.83. The predicted octanol–water partition coefficient (Wildman–Crippen LogP) is 1.84. The van der Waals surface area contributed by atoms with Crippen molar-refractivity contribution in [1.82, 2.24) is 4.90 Å². The second kappa shape index (κ2) is 9.17. The number of ether oxygens (including phenoxy) is 1. The van der Waals surface area contributed by atoms with Gasteiger partial charge in [-0.05, 0) is 31.5 Å². The molecule has 1 aromatic rings. The summed E-state index contributed by atoms with van der Waals surface area (Å²) in [6.07, 6.45) is 0.437. The van der Waals surface area contributed by atoms with E-state index >= 15 is 0 Å². The molecule has 0 saturated carbocycles. The lowest BCUT2D eigenvalue weighted by Gasteiger charge is -2.21. The monoisotopic (exact) mass is 289 g/mol. The summed E-state index contributed by atoms with van der Waals surface area (Å²) in [6, 6.07) is 5.56. The van der Waals surface area contributed by atoms with Crippen LogP contribution in [0.4, 0.5) is 0 Å². The molecule has 1 aromatic carbocycles. The van der Waals surface area contributed by atoms with Gasteiger partial charge in [0.2, 0.25) is 0 Å². The number of aliphatic hydroxyl groups excluding tert-OH is 1. The Morgan fingerprint density at radius 2 is 2.19 bits per heavy atom. The highest BCUT2D eigenvalue weighted by Gasteiger charge is 2.16. The molecule has 0 fully saturated rings. The van der Waals surface area contributed by atoms with Crippen LogP contribution in [0, 0.1) is 18.8 Å². The van der Waals surface area contributed by atoms with Gasteiger partial charge < -0.3 is 14.7 Å². The minimum absolute atomic E-state index is 0.00198. The van der Waals surface area contributed by atoms with Gasteiger partial charge in [-0.15, -0.1) is 0 Å². The van der Waals surface area contributed by atoms with Gasteiger partial charge in [0.25, 0.3) is 5.91 Å². The number of carbonyl (C=O) groups is 1. The predicted molar refractivity (Wildman–Crippen MR) is 83.2 cm³/mol. The molecule has 1 rings (SSSR count). The third-order valence-electron chi connectivity index (χ3n) is 3.26. The Balaban J connectivity index is 2.99. The number of nitrogens with zero attached hydrogens (tertiary/aromatic N) is 1. The highest BCUT2D eigenvalue weighted by atomic mass is 16.5. The van der Waals surface area contributed by atoms with Gasteiger partial charge >= 0.3 is 0 Å². The zero-order chi connectivity index (χ0) is 15.7. The van der Waals surface area contributed by atoms with Crippen LogP contribution < -0.4 is 0 Å². The maximum atomic E-state index is 12.6. The highest BCUT2D eigenvalue weighted by Crippen LogP contribution is 2.15. The number of hydrogen-bond acceptors (Lipinski definition) is 3. The first-order valence-electron chi connectivity index (χ1n) is 7.13. The molecule has 0 aliphatic rings. The molecule has 0 aliphatic carbocycles.